The van der Waals surface area contributed by atoms with Crippen molar-refractivity contribution in [3.05, 3.63) is 59.7 Å². The van der Waals surface area contributed by atoms with E-state index in [1.54, 1.807) is 13.0 Å². The van der Waals surface area contributed by atoms with Gasteiger partial charge in [-0.15, -0.1) is 0 Å². The number of nitrogens with zero attached hydrogens (tertiary/aromatic N) is 2. The summed E-state index contributed by atoms with van der Waals surface area (Å²) in [4.78, 5) is 4.07. The molecule has 0 N–H and O–H groups in total. The molecule has 0 fully saturated rings. The summed E-state index contributed by atoms with van der Waals surface area (Å²) in [6.07, 6.45) is -2.98. The molecule has 2 nitrogen and oxygen atoms in total. The Balaban J connectivity index is 2.30. The second-order valence-electron chi connectivity index (χ2n) is 4.67. The lowest BCUT2D eigenvalue weighted by molar-refractivity contribution is -0.136. The van der Waals surface area contributed by atoms with Gasteiger partial charge in [0.2, 0.25) is 0 Å². The van der Waals surface area contributed by atoms with Gasteiger partial charge in [0, 0.05) is 17.5 Å². The molecular weight excluding hydrogens is 284 g/mol. The van der Waals surface area contributed by atoms with Crippen LogP contribution in [0.1, 0.15) is 11.3 Å². The predicted molar refractivity (Wildman–Crippen MR) is 70.3 cm³/mol. The van der Waals surface area contributed by atoms with Crippen molar-refractivity contribution < 1.29 is 17.6 Å². The second-order valence-corrected chi connectivity index (χ2v) is 4.67. The summed E-state index contributed by atoms with van der Waals surface area (Å²) < 4.78 is 53.7. The molecule has 1 aromatic carbocycles. The fraction of sp³-hybridized carbons (Fsp3) is 0.133. The van der Waals surface area contributed by atoms with Crippen molar-refractivity contribution >= 4 is 5.65 Å². The van der Waals surface area contributed by atoms with Gasteiger partial charge in [0.1, 0.15) is 11.5 Å². The van der Waals surface area contributed by atoms with Crippen molar-refractivity contribution in [1.29, 1.82) is 0 Å². The van der Waals surface area contributed by atoms with Crippen molar-refractivity contribution in [3.63, 3.8) is 0 Å². The number of imidazole rings is 1. The lowest BCUT2D eigenvalue weighted by Gasteiger charge is -2.07. The van der Waals surface area contributed by atoms with E-state index >= 15 is 0 Å². The Labute approximate surface area is 117 Å². The first kappa shape index (κ1) is 13.6. The molecule has 21 heavy (non-hydrogen) atoms. The van der Waals surface area contributed by atoms with Crippen molar-refractivity contribution in [1.82, 2.24) is 9.38 Å². The average molecular weight is 294 g/mol. The van der Waals surface area contributed by atoms with Crippen LogP contribution in [0.15, 0.2) is 42.6 Å². The fourth-order valence-corrected chi connectivity index (χ4v) is 2.32. The minimum Gasteiger partial charge on any atom is -0.303 e. The molecule has 0 aliphatic heterocycles. The van der Waals surface area contributed by atoms with Crippen molar-refractivity contribution in [3.8, 4) is 11.3 Å². The molecule has 0 spiro atoms. The molecule has 3 aromatic rings. The lowest BCUT2D eigenvalue weighted by atomic mass is 10.1. The lowest BCUT2D eigenvalue weighted by Crippen LogP contribution is -2.07. The highest BCUT2D eigenvalue weighted by Crippen LogP contribution is 2.34. The first-order valence-electron chi connectivity index (χ1n) is 6.19. The molecule has 3 rings (SSSR count). The van der Waals surface area contributed by atoms with Crippen LogP contribution in [0.2, 0.25) is 0 Å². The summed E-state index contributed by atoms with van der Waals surface area (Å²) in [6, 6.07) is 7.94. The van der Waals surface area contributed by atoms with E-state index in [0.29, 0.717) is 17.0 Å². The van der Waals surface area contributed by atoms with Crippen LogP contribution in [-0.2, 0) is 6.18 Å². The summed E-state index contributed by atoms with van der Waals surface area (Å²) in [6.45, 7) is 1.65. The topological polar surface area (TPSA) is 17.3 Å². The molecule has 0 atom stereocenters. The monoisotopic (exact) mass is 294 g/mol. The number of aromatic nitrogens is 2. The molecule has 0 saturated heterocycles. The van der Waals surface area contributed by atoms with Crippen LogP contribution in [0.3, 0.4) is 0 Å². The van der Waals surface area contributed by atoms with Crippen LogP contribution in [0.5, 0.6) is 0 Å². The molecule has 0 unspecified atom stereocenters. The summed E-state index contributed by atoms with van der Waals surface area (Å²) in [5.41, 5.74) is 0.328. The fourth-order valence-electron chi connectivity index (χ4n) is 2.32. The Morgan fingerprint density at radius 1 is 1.10 bits per heavy atom. The van der Waals surface area contributed by atoms with Crippen molar-refractivity contribution in [2.24, 2.45) is 0 Å². The van der Waals surface area contributed by atoms with Crippen LogP contribution in [-0.4, -0.2) is 9.38 Å². The Kier molecular flexibility index (Phi) is 2.97. The van der Waals surface area contributed by atoms with E-state index in [1.165, 1.54) is 34.9 Å². The quantitative estimate of drug-likeness (QED) is 0.605. The maximum atomic E-state index is 13.3. The number of pyridine rings is 1. The zero-order chi connectivity index (χ0) is 15.2. The zero-order valence-corrected chi connectivity index (χ0v) is 10.9. The average Bonchev–Trinajstić information content (AvgIpc) is 2.75. The number of fused-ring (bicyclic) bond motifs is 1. The van der Waals surface area contributed by atoms with Gasteiger partial charge in [0.15, 0.2) is 0 Å². The highest BCUT2D eigenvalue weighted by atomic mass is 19.4. The SMILES string of the molecule is Cc1c(-c2cccc(F)c2)nc2c(C(F)(F)F)cccn12. The molecule has 0 saturated carbocycles. The number of alkyl halides is 3. The number of benzene rings is 1. The van der Waals surface area contributed by atoms with Crippen LogP contribution in [0, 0.1) is 12.7 Å². The highest BCUT2D eigenvalue weighted by molar-refractivity contribution is 5.68. The van der Waals surface area contributed by atoms with E-state index in [1.807, 2.05) is 0 Å². The predicted octanol–water partition coefficient (Wildman–Crippen LogP) is 4.47. The van der Waals surface area contributed by atoms with E-state index in [2.05, 4.69) is 4.98 Å². The number of hydrogen-bond acceptors (Lipinski definition) is 1. The van der Waals surface area contributed by atoms with Gasteiger partial charge in [0.25, 0.3) is 0 Å². The van der Waals surface area contributed by atoms with Crippen molar-refractivity contribution in [2.75, 3.05) is 0 Å². The molecule has 108 valence electrons. The first-order chi connectivity index (χ1) is 9.88. The Morgan fingerprint density at radius 3 is 2.52 bits per heavy atom. The van der Waals surface area contributed by atoms with E-state index in [-0.39, 0.29) is 5.65 Å². The second kappa shape index (κ2) is 4.58. The van der Waals surface area contributed by atoms with E-state index in [0.717, 1.165) is 6.07 Å². The minimum absolute atomic E-state index is 0.179. The van der Waals surface area contributed by atoms with Crippen LogP contribution in [0.25, 0.3) is 16.9 Å². The van der Waals surface area contributed by atoms with E-state index in [9.17, 15) is 17.6 Å². The third-order valence-electron chi connectivity index (χ3n) is 3.29. The molecule has 2 aromatic heterocycles. The highest BCUT2D eigenvalue weighted by Gasteiger charge is 2.34. The van der Waals surface area contributed by atoms with Crippen LogP contribution in [0.4, 0.5) is 17.6 Å². The van der Waals surface area contributed by atoms with Crippen molar-refractivity contribution in [2.45, 2.75) is 13.1 Å². The summed E-state index contributed by atoms with van der Waals surface area (Å²) >= 11 is 0. The maximum absolute atomic E-state index is 13.3. The maximum Gasteiger partial charge on any atom is 0.419 e. The van der Waals surface area contributed by atoms with Crippen LogP contribution >= 0.6 is 0 Å². The zero-order valence-electron chi connectivity index (χ0n) is 10.9. The Hall–Kier alpha value is -2.37. The summed E-state index contributed by atoms with van der Waals surface area (Å²) in [7, 11) is 0. The van der Waals surface area contributed by atoms with Gasteiger partial charge in [-0.05, 0) is 31.2 Å². The summed E-state index contributed by atoms with van der Waals surface area (Å²) in [5, 5.41) is 0. The van der Waals surface area contributed by atoms with Crippen LogP contribution < -0.4 is 0 Å². The third kappa shape index (κ3) is 2.26. The van der Waals surface area contributed by atoms with Gasteiger partial charge in [-0.1, -0.05) is 12.1 Å². The molecule has 0 aliphatic carbocycles. The summed E-state index contributed by atoms with van der Waals surface area (Å²) in [5.74, 6) is -0.458. The standard InChI is InChI=1S/C15H10F4N2/c1-9-13(10-4-2-5-11(16)8-10)20-14-12(15(17,18)19)6-3-7-21(9)14/h2-8H,1H3. The van der Waals surface area contributed by atoms with Gasteiger partial charge in [-0.25, -0.2) is 9.37 Å². The smallest absolute Gasteiger partial charge is 0.303 e. The minimum atomic E-state index is -4.49. The number of aryl methyl sites for hydroxylation is 1. The molecule has 0 bridgehead atoms. The third-order valence-corrected chi connectivity index (χ3v) is 3.29. The normalized spacial score (nSPS) is 12.0. The number of rotatable bonds is 1. The van der Waals surface area contributed by atoms with Gasteiger partial charge < -0.3 is 4.40 Å². The molecule has 2 heterocycles. The number of hydrogen-bond donors (Lipinski definition) is 0. The van der Waals surface area contributed by atoms with E-state index in [4.69, 9.17) is 0 Å². The molecule has 0 aliphatic rings. The number of halogens is 4. The van der Waals surface area contributed by atoms with E-state index < -0.39 is 17.6 Å². The Bertz CT molecular complexity index is 818. The Morgan fingerprint density at radius 2 is 1.86 bits per heavy atom. The van der Waals surface area contributed by atoms with Gasteiger partial charge >= 0.3 is 6.18 Å². The van der Waals surface area contributed by atoms with Gasteiger partial charge in [-0.2, -0.15) is 13.2 Å². The van der Waals surface area contributed by atoms with Gasteiger partial charge in [-0.3, -0.25) is 0 Å². The first-order valence-corrected chi connectivity index (χ1v) is 6.19. The van der Waals surface area contributed by atoms with Gasteiger partial charge in [0.05, 0.1) is 11.3 Å². The molecule has 0 radical (unpaired) electrons. The largest absolute Gasteiger partial charge is 0.419 e. The molecule has 0 amide bonds. The molecular formula is C15H10F4N2. The molecule has 6 heteroatoms.